The fourth-order valence-electron chi connectivity index (χ4n) is 4.30. The zero-order valence-electron chi connectivity index (χ0n) is 14.4. The molecule has 2 atom stereocenters. The Labute approximate surface area is 147 Å². The lowest BCUT2D eigenvalue weighted by Gasteiger charge is -2.38. The van der Waals surface area contributed by atoms with Crippen LogP contribution < -0.4 is 4.74 Å². The number of carbonyl (C=O) groups excluding carboxylic acids is 1. The zero-order valence-corrected chi connectivity index (χ0v) is 15.2. The van der Waals surface area contributed by atoms with Gasteiger partial charge in [0.15, 0.2) is 0 Å². The van der Waals surface area contributed by atoms with Crippen LogP contribution >= 0.6 is 0 Å². The molecule has 4 rings (SSSR count). The molecule has 7 heteroatoms. The number of ether oxygens (including phenoxy) is 1. The van der Waals surface area contributed by atoms with Gasteiger partial charge in [0.05, 0.1) is 12.4 Å². The van der Waals surface area contributed by atoms with Crippen molar-refractivity contribution in [2.45, 2.75) is 43.0 Å². The Morgan fingerprint density at radius 1 is 1.20 bits per heavy atom. The minimum atomic E-state index is -3.05. The number of piperidine rings is 1. The van der Waals surface area contributed by atoms with Crippen LogP contribution in [0.15, 0.2) is 24.3 Å². The van der Waals surface area contributed by atoms with Gasteiger partial charge < -0.3 is 14.6 Å². The summed E-state index contributed by atoms with van der Waals surface area (Å²) in [7, 11) is -1.44. The Morgan fingerprint density at radius 3 is 2.48 bits per heavy atom. The van der Waals surface area contributed by atoms with E-state index in [0.717, 1.165) is 29.5 Å². The van der Waals surface area contributed by atoms with E-state index in [4.69, 9.17) is 4.74 Å². The van der Waals surface area contributed by atoms with Gasteiger partial charge in [-0.3, -0.25) is 4.79 Å². The highest BCUT2D eigenvalue weighted by Gasteiger charge is 2.46. The topological polar surface area (TPSA) is 79.5 Å². The molecule has 2 aliphatic rings. The highest BCUT2D eigenvalue weighted by atomic mass is 32.2. The van der Waals surface area contributed by atoms with E-state index in [-0.39, 0.29) is 23.2 Å². The first-order valence-electron chi connectivity index (χ1n) is 8.55. The normalized spacial score (nSPS) is 26.2. The molecule has 3 heterocycles. The Kier molecular flexibility index (Phi) is 3.79. The molecule has 134 valence electrons. The summed E-state index contributed by atoms with van der Waals surface area (Å²) in [4.78, 5) is 18.1. The Bertz CT molecular complexity index is 920. The molecule has 1 N–H and O–H groups in total. The summed E-state index contributed by atoms with van der Waals surface area (Å²) in [6.07, 6.45) is 4.18. The van der Waals surface area contributed by atoms with E-state index in [1.165, 1.54) is 6.26 Å². The summed E-state index contributed by atoms with van der Waals surface area (Å²) >= 11 is 0. The maximum Gasteiger partial charge on any atom is 0.270 e. The molecular weight excluding hydrogens is 340 g/mol. The number of sulfone groups is 1. The zero-order chi connectivity index (χ0) is 17.8. The molecule has 6 nitrogen and oxygen atoms in total. The van der Waals surface area contributed by atoms with Crippen LogP contribution in [0.25, 0.3) is 10.9 Å². The van der Waals surface area contributed by atoms with Crippen molar-refractivity contribution in [2.75, 3.05) is 13.4 Å². The van der Waals surface area contributed by atoms with Crippen LogP contribution in [-0.2, 0) is 9.84 Å². The van der Waals surface area contributed by atoms with Crippen LogP contribution in [0.1, 0.15) is 36.2 Å². The number of aromatic nitrogens is 1. The van der Waals surface area contributed by atoms with Crippen LogP contribution in [0.5, 0.6) is 5.75 Å². The number of rotatable bonds is 3. The lowest BCUT2D eigenvalue weighted by Crippen LogP contribution is -2.49. The molecule has 2 aliphatic heterocycles. The van der Waals surface area contributed by atoms with Gasteiger partial charge in [0, 0.05) is 35.3 Å². The summed E-state index contributed by atoms with van der Waals surface area (Å²) in [5.41, 5.74) is 1.42. The van der Waals surface area contributed by atoms with Crippen LogP contribution in [0, 0.1) is 0 Å². The molecule has 1 aromatic heterocycles. The van der Waals surface area contributed by atoms with Crippen LogP contribution in [0.4, 0.5) is 0 Å². The van der Waals surface area contributed by atoms with Gasteiger partial charge in [0.1, 0.15) is 21.3 Å². The first-order chi connectivity index (χ1) is 11.9. The van der Waals surface area contributed by atoms with Gasteiger partial charge in [-0.15, -0.1) is 0 Å². The van der Waals surface area contributed by atoms with Crippen LogP contribution in [0.2, 0.25) is 0 Å². The van der Waals surface area contributed by atoms with Crippen molar-refractivity contribution in [2.24, 2.45) is 0 Å². The van der Waals surface area contributed by atoms with Crippen molar-refractivity contribution in [3.05, 3.63) is 30.0 Å². The molecule has 1 amide bonds. The smallest absolute Gasteiger partial charge is 0.270 e. The molecule has 0 saturated carbocycles. The second-order valence-electron chi connectivity index (χ2n) is 7.16. The first-order valence-corrected chi connectivity index (χ1v) is 10.5. The SMILES string of the molecule is COc1ccc2cc(C(=O)N3C4CCC3CC(S(C)(=O)=O)C4)[nH]c2c1. The first kappa shape index (κ1) is 16.4. The predicted molar refractivity (Wildman–Crippen MR) is 95.7 cm³/mol. The van der Waals surface area contributed by atoms with Gasteiger partial charge in [-0.2, -0.15) is 0 Å². The molecule has 0 radical (unpaired) electrons. The number of carbonyl (C=O) groups is 1. The second-order valence-corrected chi connectivity index (χ2v) is 9.48. The average molecular weight is 362 g/mol. The molecule has 2 fully saturated rings. The number of hydrogen-bond acceptors (Lipinski definition) is 4. The third-order valence-corrected chi connectivity index (χ3v) is 7.19. The predicted octanol–water partition coefficient (Wildman–Crippen LogP) is 2.36. The molecule has 0 spiro atoms. The fourth-order valence-corrected chi connectivity index (χ4v) is 5.44. The van der Waals surface area contributed by atoms with Crippen molar-refractivity contribution < 1.29 is 17.9 Å². The van der Waals surface area contributed by atoms with Gasteiger partial charge >= 0.3 is 0 Å². The summed E-state index contributed by atoms with van der Waals surface area (Å²) in [6.45, 7) is 0. The van der Waals surface area contributed by atoms with Gasteiger partial charge in [-0.25, -0.2) is 8.42 Å². The van der Waals surface area contributed by atoms with Crippen LogP contribution in [0.3, 0.4) is 0 Å². The number of benzene rings is 1. The highest BCUT2D eigenvalue weighted by molar-refractivity contribution is 7.91. The van der Waals surface area contributed by atoms with Crippen LogP contribution in [-0.4, -0.2) is 54.9 Å². The standard InChI is InChI=1S/C18H22N2O4S/c1-24-14-6-3-11-7-17(19-16(11)10-14)18(21)20-12-4-5-13(20)9-15(8-12)25(2,22)23/h3,6-7,10,12-13,15,19H,4-5,8-9H2,1-2H3. The Balaban J connectivity index is 1.61. The fraction of sp³-hybridized carbons (Fsp3) is 0.500. The molecule has 2 saturated heterocycles. The summed E-state index contributed by atoms with van der Waals surface area (Å²) in [5.74, 6) is 0.706. The number of amides is 1. The van der Waals surface area contributed by atoms with Crippen molar-refractivity contribution in [1.29, 1.82) is 0 Å². The quantitative estimate of drug-likeness (QED) is 0.909. The number of aromatic amines is 1. The Hall–Kier alpha value is -2.02. The lowest BCUT2D eigenvalue weighted by atomic mass is 10.0. The van der Waals surface area contributed by atoms with E-state index in [2.05, 4.69) is 4.98 Å². The Morgan fingerprint density at radius 2 is 1.88 bits per heavy atom. The molecule has 25 heavy (non-hydrogen) atoms. The maximum atomic E-state index is 13.1. The van der Waals surface area contributed by atoms with Crippen molar-refractivity contribution in [1.82, 2.24) is 9.88 Å². The minimum absolute atomic E-state index is 0.0203. The molecule has 2 unspecified atom stereocenters. The van der Waals surface area contributed by atoms with E-state index in [0.29, 0.717) is 18.5 Å². The van der Waals surface area contributed by atoms with Gasteiger partial charge in [0.2, 0.25) is 0 Å². The van der Waals surface area contributed by atoms with Crippen molar-refractivity contribution >= 4 is 26.6 Å². The third-order valence-electron chi connectivity index (χ3n) is 5.59. The number of hydrogen-bond donors (Lipinski definition) is 1. The summed E-state index contributed by atoms with van der Waals surface area (Å²) < 4.78 is 29.0. The van der Waals surface area contributed by atoms with E-state index >= 15 is 0 Å². The van der Waals surface area contributed by atoms with Crippen molar-refractivity contribution in [3.8, 4) is 5.75 Å². The molecule has 1 aromatic carbocycles. The highest BCUT2D eigenvalue weighted by Crippen LogP contribution is 2.39. The van der Waals surface area contributed by atoms with E-state index in [1.807, 2.05) is 29.2 Å². The number of methoxy groups -OCH3 is 1. The number of nitrogens with zero attached hydrogens (tertiary/aromatic N) is 1. The molecule has 2 bridgehead atoms. The average Bonchev–Trinajstić information content (AvgIpc) is 3.10. The molecule has 2 aromatic rings. The summed E-state index contributed by atoms with van der Waals surface area (Å²) in [5, 5.41) is 0.642. The summed E-state index contributed by atoms with van der Waals surface area (Å²) in [6, 6.07) is 7.56. The maximum absolute atomic E-state index is 13.1. The molecular formula is C18H22N2O4S. The number of nitrogens with one attached hydrogen (secondary N) is 1. The minimum Gasteiger partial charge on any atom is -0.497 e. The number of H-pyrrole nitrogens is 1. The van der Waals surface area contributed by atoms with Gasteiger partial charge in [-0.1, -0.05) is 0 Å². The van der Waals surface area contributed by atoms with Gasteiger partial charge in [-0.05, 0) is 43.9 Å². The van der Waals surface area contributed by atoms with E-state index in [1.54, 1.807) is 7.11 Å². The van der Waals surface area contributed by atoms with E-state index in [9.17, 15) is 13.2 Å². The van der Waals surface area contributed by atoms with Crippen molar-refractivity contribution in [3.63, 3.8) is 0 Å². The van der Waals surface area contributed by atoms with Gasteiger partial charge in [0.25, 0.3) is 5.91 Å². The largest absolute Gasteiger partial charge is 0.497 e. The van der Waals surface area contributed by atoms with E-state index < -0.39 is 9.84 Å². The second kappa shape index (κ2) is 5.76. The third kappa shape index (κ3) is 2.80. The lowest BCUT2D eigenvalue weighted by molar-refractivity contribution is 0.0593. The monoisotopic (exact) mass is 362 g/mol. The number of fused-ring (bicyclic) bond motifs is 3. The molecule has 0 aliphatic carbocycles.